The molecule has 1 aliphatic carbocycles. The van der Waals surface area contributed by atoms with Crippen LogP contribution in [0.5, 0.6) is 0 Å². The quantitative estimate of drug-likeness (QED) is 0.614. The molecular formula is C9H13N3OS. The zero-order chi connectivity index (χ0) is 10.2. The van der Waals surface area contributed by atoms with Gasteiger partial charge in [0.25, 0.3) is 0 Å². The minimum Gasteiger partial charge on any atom is -0.389 e. The summed E-state index contributed by atoms with van der Waals surface area (Å²) in [4.78, 5) is 9.49. The maximum atomic E-state index is 5.52. The maximum Gasteiger partial charge on any atom is 0.180 e. The third-order valence-electron chi connectivity index (χ3n) is 2.25. The molecule has 1 fully saturated rings. The van der Waals surface area contributed by atoms with E-state index in [9.17, 15) is 0 Å². The molecule has 1 aliphatic rings. The minimum atomic E-state index is -0.0250. The van der Waals surface area contributed by atoms with Crippen molar-refractivity contribution in [1.82, 2.24) is 4.98 Å². The molecular weight excluding hydrogens is 198 g/mol. The van der Waals surface area contributed by atoms with Crippen LogP contribution in [0, 0.1) is 0 Å². The van der Waals surface area contributed by atoms with E-state index < -0.39 is 0 Å². The Kier molecular flexibility index (Phi) is 2.19. The number of nitrogen functional groups attached to an aromatic ring is 1. The number of nitrogens with two attached hydrogens (primary N) is 1. The Balaban J connectivity index is 2.03. The van der Waals surface area contributed by atoms with E-state index in [4.69, 9.17) is 10.6 Å². The third kappa shape index (κ3) is 2.04. The molecule has 4 nitrogen and oxygen atoms in total. The molecule has 2 rings (SSSR count). The highest BCUT2D eigenvalue weighted by atomic mass is 32.1. The van der Waals surface area contributed by atoms with Crippen LogP contribution >= 0.6 is 11.3 Å². The fourth-order valence-electron chi connectivity index (χ4n) is 0.947. The van der Waals surface area contributed by atoms with Crippen LogP contribution in [0.3, 0.4) is 0 Å². The molecule has 1 heterocycles. The Morgan fingerprint density at radius 3 is 2.93 bits per heavy atom. The van der Waals surface area contributed by atoms with Gasteiger partial charge in [0, 0.05) is 5.38 Å². The molecule has 0 aliphatic heterocycles. The van der Waals surface area contributed by atoms with Gasteiger partial charge in [0.1, 0.15) is 17.0 Å². The number of anilines is 1. The van der Waals surface area contributed by atoms with E-state index in [0.29, 0.717) is 5.13 Å². The fourth-order valence-corrected chi connectivity index (χ4v) is 1.55. The van der Waals surface area contributed by atoms with Gasteiger partial charge in [-0.3, -0.25) is 0 Å². The average Bonchev–Trinajstić information content (AvgIpc) is 2.71. The van der Waals surface area contributed by atoms with Crippen LogP contribution in [0.1, 0.15) is 32.4 Å². The van der Waals surface area contributed by atoms with E-state index in [0.717, 1.165) is 24.2 Å². The van der Waals surface area contributed by atoms with Crippen LogP contribution in [-0.4, -0.2) is 16.3 Å². The lowest BCUT2D eigenvalue weighted by Crippen LogP contribution is -2.06. The van der Waals surface area contributed by atoms with Gasteiger partial charge in [0.2, 0.25) is 0 Å². The zero-order valence-corrected chi connectivity index (χ0v) is 9.10. The number of hydrogen-bond acceptors (Lipinski definition) is 5. The highest BCUT2D eigenvalue weighted by molar-refractivity contribution is 7.13. The van der Waals surface area contributed by atoms with Crippen molar-refractivity contribution in [3.8, 4) is 0 Å². The monoisotopic (exact) mass is 211 g/mol. The first-order chi connectivity index (χ1) is 6.59. The van der Waals surface area contributed by atoms with Crippen molar-refractivity contribution in [2.24, 2.45) is 5.16 Å². The Labute approximate surface area is 86.8 Å². The van der Waals surface area contributed by atoms with Gasteiger partial charge in [-0.2, -0.15) is 0 Å². The van der Waals surface area contributed by atoms with Crippen molar-refractivity contribution in [2.45, 2.75) is 32.3 Å². The molecule has 1 aromatic rings. The van der Waals surface area contributed by atoms with Crippen LogP contribution in [0.15, 0.2) is 10.5 Å². The second-order valence-corrected chi connectivity index (χ2v) is 4.68. The lowest BCUT2D eigenvalue weighted by molar-refractivity contribution is 0.0521. The van der Waals surface area contributed by atoms with Crippen LogP contribution < -0.4 is 5.73 Å². The van der Waals surface area contributed by atoms with E-state index >= 15 is 0 Å². The van der Waals surface area contributed by atoms with Crippen molar-refractivity contribution in [3.05, 3.63) is 11.1 Å². The normalized spacial score (nSPS) is 19.4. The molecule has 0 aromatic carbocycles. The average molecular weight is 211 g/mol. The molecule has 0 saturated heterocycles. The summed E-state index contributed by atoms with van der Waals surface area (Å²) in [5.74, 6) is 0. The fraction of sp³-hybridized carbons (Fsp3) is 0.556. The number of nitrogens with zero attached hydrogens (tertiary/aromatic N) is 2. The van der Waals surface area contributed by atoms with Crippen LogP contribution in [0.2, 0.25) is 0 Å². The number of hydrogen-bond donors (Lipinski definition) is 1. The van der Waals surface area contributed by atoms with Crippen molar-refractivity contribution in [2.75, 3.05) is 5.73 Å². The highest BCUT2D eigenvalue weighted by Crippen LogP contribution is 2.38. The summed E-state index contributed by atoms with van der Waals surface area (Å²) in [7, 11) is 0. The molecule has 0 atom stereocenters. The minimum absolute atomic E-state index is 0.0250. The van der Waals surface area contributed by atoms with Crippen molar-refractivity contribution in [1.29, 1.82) is 0 Å². The molecule has 1 aromatic heterocycles. The second-order valence-electron chi connectivity index (χ2n) is 3.79. The van der Waals surface area contributed by atoms with E-state index in [1.54, 1.807) is 0 Å². The molecule has 0 radical (unpaired) electrons. The van der Waals surface area contributed by atoms with Gasteiger partial charge >= 0.3 is 0 Å². The van der Waals surface area contributed by atoms with Crippen LogP contribution in [0.25, 0.3) is 0 Å². The summed E-state index contributed by atoms with van der Waals surface area (Å²) >= 11 is 1.41. The molecule has 0 spiro atoms. The largest absolute Gasteiger partial charge is 0.389 e. The van der Waals surface area contributed by atoms with Crippen LogP contribution in [0.4, 0.5) is 5.13 Å². The summed E-state index contributed by atoms with van der Waals surface area (Å²) in [6.45, 7) is 3.93. The topological polar surface area (TPSA) is 60.5 Å². The van der Waals surface area contributed by atoms with Gasteiger partial charge < -0.3 is 10.6 Å². The van der Waals surface area contributed by atoms with E-state index in [-0.39, 0.29) is 5.60 Å². The van der Waals surface area contributed by atoms with Gasteiger partial charge in [-0.1, -0.05) is 5.16 Å². The Morgan fingerprint density at radius 2 is 2.43 bits per heavy atom. The summed E-state index contributed by atoms with van der Waals surface area (Å²) in [5.41, 5.74) is 7.08. The van der Waals surface area contributed by atoms with Gasteiger partial charge in [0.05, 0.1) is 0 Å². The van der Waals surface area contributed by atoms with Gasteiger partial charge in [0.15, 0.2) is 5.13 Å². The van der Waals surface area contributed by atoms with Crippen molar-refractivity contribution in [3.63, 3.8) is 0 Å². The Hall–Kier alpha value is -1.10. The van der Waals surface area contributed by atoms with E-state index in [2.05, 4.69) is 17.1 Å². The molecule has 14 heavy (non-hydrogen) atoms. The lowest BCUT2D eigenvalue weighted by atomic mass is 10.3. The predicted molar refractivity (Wildman–Crippen MR) is 57.5 cm³/mol. The third-order valence-corrected chi connectivity index (χ3v) is 2.92. The Bertz CT molecular complexity index is 368. The number of rotatable bonds is 3. The standard InChI is InChI=1S/C9H13N3OS/c1-6(7-5-14-8(10)11-7)12-13-9(2)3-4-9/h5H,3-4H2,1-2H3,(H2,10,11)/b12-6+. The van der Waals surface area contributed by atoms with E-state index in [1.807, 2.05) is 12.3 Å². The van der Waals surface area contributed by atoms with Gasteiger partial charge in [-0.15, -0.1) is 11.3 Å². The van der Waals surface area contributed by atoms with Crippen molar-refractivity contribution >= 4 is 22.2 Å². The zero-order valence-electron chi connectivity index (χ0n) is 8.28. The van der Waals surface area contributed by atoms with Gasteiger partial charge in [-0.05, 0) is 26.7 Å². The number of aromatic nitrogens is 1. The van der Waals surface area contributed by atoms with Gasteiger partial charge in [-0.25, -0.2) is 4.98 Å². The van der Waals surface area contributed by atoms with Crippen LogP contribution in [-0.2, 0) is 4.84 Å². The van der Waals surface area contributed by atoms with E-state index in [1.165, 1.54) is 11.3 Å². The first kappa shape index (κ1) is 9.45. The summed E-state index contributed by atoms with van der Waals surface area (Å²) in [6.07, 6.45) is 2.17. The molecule has 76 valence electrons. The maximum absolute atomic E-state index is 5.52. The summed E-state index contributed by atoms with van der Waals surface area (Å²) in [5, 5.41) is 6.49. The Morgan fingerprint density at radius 1 is 1.71 bits per heavy atom. The molecule has 5 heteroatoms. The lowest BCUT2D eigenvalue weighted by Gasteiger charge is -2.05. The first-order valence-corrected chi connectivity index (χ1v) is 5.41. The summed E-state index contributed by atoms with van der Waals surface area (Å²) in [6, 6.07) is 0. The molecule has 0 amide bonds. The second kappa shape index (κ2) is 3.24. The summed E-state index contributed by atoms with van der Waals surface area (Å²) < 4.78 is 0. The molecule has 0 unspecified atom stereocenters. The molecule has 1 saturated carbocycles. The number of oxime groups is 1. The predicted octanol–water partition coefficient (Wildman–Crippen LogP) is 2.02. The smallest absolute Gasteiger partial charge is 0.180 e. The number of thiazole rings is 1. The highest BCUT2D eigenvalue weighted by Gasteiger charge is 2.40. The first-order valence-electron chi connectivity index (χ1n) is 4.53. The molecule has 2 N–H and O–H groups in total. The molecule has 0 bridgehead atoms. The SMILES string of the molecule is C/C(=N\OC1(C)CC1)c1csc(N)n1. The van der Waals surface area contributed by atoms with Crippen molar-refractivity contribution < 1.29 is 4.84 Å².